The molecule has 1 heterocycles. The average Bonchev–Trinajstić information content (AvgIpc) is 3.33. The number of hydrogen-bond donors (Lipinski definition) is 2. The molecule has 2 N–H and O–H groups in total. The SMILES string of the molecule is O=C(CCNC(=O)c1ccco1)NCC1CC2c3ccccc3C1c1ccccc12. The normalized spacial score (nSPS) is 20.9. The number of amides is 2. The lowest BCUT2D eigenvalue weighted by atomic mass is 9.59. The lowest BCUT2D eigenvalue weighted by molar-refractivity contribution is -0.121. The van der Waals surface area contributed by atoms with E-state index in [1.807, 2.05) is 0 Å². The van der Waals surface area contributed by atoms with E-state index in [0.29, 0.717) is 24.3 Å². The number of nitrogens with one attached hydrogen (secondary N) is 2. The molecule has 0 fully saturated rings. The van der Waals surface area contributed by atoms with Gasteiger partial charge >= 0.3 is 0 Å². The van der Waals surface area contributed by atoms with Gasteiger partial charge in [-0.25, -0.2) is 0 Å². The van der Waals surface area contributed by atoms with Gasteiger partial charge in [0.1, 0.15) is 0 Å². The second-order valence-corrected chi connectivity index (χ2v) is 8.07. The summed E-state index contributed by atoms with van der Waals surface area (Å²) in [5, 5.41) is 5.81. The van der Waals surface area contributed by atoms with E-state index in [2.05, 4.69) is 59.2 Å². The summed E-state index contributed by atoms with van der Waals surface area (Å²) in [6.07, 6.45) is 2.75. The summed E-state index contributed by atoms with van der Waals surface area (Å²) in [6.45, 7) is 0.933. The van der Waals surface area contributed by atoms with Crippen LogP contribution in [0.3, 0.4) is 0 Å². The molecule has 0 radical (unpaired) electrons. The molecular formula is C25H24N2O3. The van der Waals surface area contributed by atoms with Gasteiger partial charge in [-0.3, -0.25) is 9.59 Å². The predicted octanol–water partition coefficient (Wildman–Crippen LogP) is 3.81. The first kappa shape index (κ1) is 18.7. The van der Waals surface area contributed by atoms with Gasteiger partial charge in [0.15, 0.2) is 5.76 Å². The average molecular weight is 400 g/mol. The van der Waals surface area contributed by atoms with Gasteiger partial charge < -0.3 is 15.1 Å². The molecule has 5 heteroatoms. The highest BCUT2D eigenvalue weighted by Crippen LogP contribution is 2.55. The van der Waals surface area contributed by atoms with Crippen molar-refractivity contribution in [2.75, 3.05) is 13.1 Å². The van der Waals surface area contributed by atoms with Crippen LogP contribution in [0.4, 0.5) is 0 Å². The largest absolute Gasteiger partial charge is 0.459 e. The first-order valence-electron chi connectivity index (χ1n) is 10.5. The number of fused-ring (bicyclic) bond motifs is 1. The van der Waals surface area contributed by atoms with E-state index < -0.39 is 0 Å². The molecule has 3 aliphatic rings. The zero-order valence-electron chi connectivity index (χ0n) is 16.6. The smallest absolute Gasteiger partial charge is 0.286 e. The van der Waals surface area contributed by atoms with Crippen molar-refractivity contribution < 1.29 is 14.0 Å². The van der Waals surface area contributed by atoms with E-state index in [1.54, 1.807) is 12.1 Å². The Balaban J connectivity index is 1.21. The van der Waals surface area contributed by atoms with Crippen molar-refractivity contribution in [1.82, 2.24) is 10.6 Å². The second kappa shape index (κ2) is 7.82. The van der Waals surface area contributed by atoms with Gasteiger partial charge in [0.2, 0.25) is 5.91 Å². The highest BCUT2D eigenvalue weighted by molar-refractivity contribution is 5.91. The Morgan fingerprint density at radius 1 is 0.867 bits per heavy atom. The van der Waals surface area contributed by atoms with Crippen LogP contribution >= 0.6 is 0 Å². The summed E-state index contributed by atoms with van der Waals surface area (Å²) >= 11 is 0. The molecule has 0 saturated heterocycles. The molecule has 2 aromatic carbocycles. The Hall–Kier alpha value is -3.34. The van der Waals surface area contributed by atoms with Crippen LogP contribution in [0.1, 0.15) is 57.5 Å². The molecule has 0 saturated carbocycles. The lowest BCUT2D eigenvalue weighted by Crippen LogP contribution is -2.40. The molecule has 1 aromatic heterocycles. The molecule has 3 aromatic rings. The first-order chi connectivity index (χ1) is 14.7. The Morgan fingerprint density at radius 2 is 1.53 bits per heavy atom. The van der Waals surface area contributed by atoms with E-state index in [1.165, 1.54) is 28.5 Å². The standard InChI is InChI=1S/C25H24N2O3/c28-23(11-12-26-25(29)22-10-5-13-30-22)27-15-16-14-21-17-6-1-3-8-19(17)24(16)20-9-4-2-7-18(20)21/h1-10,13,16,21,24H,11-12,14-15H2,(H,26,29)(H,27,28). The fourth-order valence-corrected chi connectivity index (χ4v) is 5.08. The van der Waals surface area contributed by atoms with Crippen LogP contribution in [0.25, 0.3) is 0 Å². The maximum absolute atomic E-state index is 12.4. The number of carbonyl (C=O) groups is 2. The van der Waals surface area contributed by atoms with Crippen molar-refractivity contribution in [2.24, 2.45) is 5.92 Å². The van der Waals surface area contributed by atoms with Gasteiger partial charge in [-0.05, 0) is 46.7 Å². The molecule has 2 bridgehead atoms. The number of furan rings is 1. The quantitative estimate of drug-likeness (QED) is 0.661. The Labute approximate surface area is 175 Å². The van der Waals surface area contributed by atoms with E-state index >= 15 is 0 Å². The third kappa shape index (κ3) is 3.30. The molecular weight excluding hydrogens is 376 g/mol. The molecule has 0 aliphatic heterocycles. The van der Waals surface area contributed by atoms with Gasteiger partial charge in [-0.1, -0.05) is 48.5 Å². The maximum atomic E-state index is 12.4. The Bertz CT molecular complexity index is 1030. The molecule has 30 heavy (non-hydrogen) atoms. The number of benzene rings is 2. The summed E-state index contributed by atoms with van der Waals surface area (Å²) in [6, 6.07) is 20.7. The van der Waals surface area contributed by atoms with Crippen molar-refractivity contribution in [2.45, 2.75) is 24.7 Å². The zero-order valence-corrected chi connectivity index (χ0v) is 16.6. The van der Waals surface area contributed by atoms with E-state index in [4.69, 9.17) is 4.42 Å². The first-order valence-corrected chi connectivity index (χ1v) is 10.5. The topological polar surface area (TPSA) is 71.3 Å². The highest BCUT2D eigenvalue weighted by Gasteiger charge is 2.42. The molecule has 1 unspecified atom stereocenters. The van der Waals surface area contributed by atoms with E-state index in [9.17, 15) is 9.59 Å². The monoisotopic (exact) mass is 400 g/mol. The summed E-state index contributed by atoms with van der Waals surface area (Å²) < 4.78 is 5.05. The van der Waals surface area contributed by atoms with Crippen LogP contribution in [-0.4, -0.2) is 24.9 Å². The minimum atomic E-state index is -0.300. The van der Waals surface area contributed by atoms with Crippen LogP contribution in [-0.2, 0) is 4.79 Å². The van der Waals surface area contributed by atoms with Gasteiger partial charge in [0.25, 0.3) is 5.91 Å². The summed E-state index contributed by atoms with van der Waals surface area (Å²) in [7, 11) is 0. The predicted molar refractivity (Wildman–Crippen MR) is 113 cm³/mol. The van der Waals surface area contributed by atoms with Crippen molar-refractivity contribution in [3.05, 3.63) is 94.9 Å². The summed E-state index contributed by atoms with van der Waals surface area (Å²) in [4.78, 5) is 24.2. The molecule has 5 nitrogen and oxygen atoms in total. The van der Waals surface area contributed by atoms with Crippen LogP contribution in [0.2, 0.25) is 0 Å². The third-order valence-electron chi connectivity index (χ3n) is 6.37. The molecule has 152 valence electrons. The number of rotatable bonds is 6. The van der Waals surface area contributed by atoms with Crippen LogP contribution < -0.4 is 10.6 Å². The van der Waals surface area contributed by atoms with Gasteiger partial charge in [0.05, 0.1) is 6.26 Å². The van der Waals surface area contributed by atoms with Gasteiger partial charge in [-0.15, -0.1) is 0 Å². The Kier molecular flexibility index (Phi) is 4.87. The fraction of sp³-hybridized carbons (Fsp3) is 0.280. The van der Waals surface area contributed by atoms with Gasteiger partial charge in [0, 0.05) is 31.3 Å². The van der Waals surface area contributed by atoms with Gasteiger partial charge in [-0.2, -0.15) is 0 Å². The summed E-state index contributed by atoms with van der Waals surface area (Å²) in [5.74, 6) is 1.01. The second-order valence-electron chi connectivity index (χ2n) is 8.07. The van der Waals surface area contributed by atoms with Crippen molar-refractivity contribution in [3.8, 4) is 0 Å². The van der Waals surface area contributed by atoms with Crippen molar-refractivity contribution in [1.29, 1.82) is 0 Å². The fourth-order valence-electron chi connectivity index (χ4n) is 5.08. The molecule has 3 aliphatic carbocycles. The maximum Gasteiger partial charge on any atom is 0.286 e. The van der Waals surface area contributed by atoms with Crippen LogP contribution in [0, 0.1) is 5.92 Å². The highest BCUT2D eigenvalue weighted by atomic mass is 16.3. The van der Waals surface area contributed by atoms with Crippen molar-refractivity contribution in [3.63, 3.8) is 0 Å². The third-order valence-corrected chi connectivity index (χ3v) is 6.37. The van der Waals surface area contributed by atoms with Crippen LogP contribution in [0.5, 0.6) is 0 Å². The minimum Gasteiger partial charge on any atom is -0.459 e. The molecule has 6 rings (SSSR count). The lowest BCUT2D eigenvalue weighted by Gasteiger charge is -2.45. The van der Waals surface area contributed by atoms with E-state index in [0.717, 1.165) is 6.42 Å². The molecule has 0 spiro atoms. The molecule has 2 amide bonds. The van der Waals surface area contributed by atoms with E-state index in [-0.39, 0.29) is 30.5 Å². The number of carbonyl (C=O) groups excluding carboxylic acids is 2. The molecule has 1 atom stereocenters. The van der Waals surface area contributed by atoms with Crippen molar-refractivity contribution >= 4 is 11.8 Å². The number of hydrogen-bond acceptors (Lipinski definition) is 3. The van der Waals surface area contributed by atoms with Crippen LogP contribution in [0.15, 0.2) is 71.3 Å². The minimum absolute atomic E-state index is 0.0437. The zero-order chi connectivity index (χ0) is 20.5. The Morgan fingerprint density at radius 3 is 2.17 bits per heavy atom. The summed E-state index contributed by atoms with van der Waals surface area (Å²) in [5.41, 5.74) is 5.67.